The summed E-state index contributed by atoms with van der Waals surface area (Å²) in [4.78, 5) is 51.9. The average Bonchev–Trinajstić information content (AvgIpc) is 2.97. The van der Waals surface area contributed by atoms with Crippen LogP contribution in [0.2, 0.25) is 18.1 Å². The molecule has 1 saturated heterocycles. The second-order valence-corrected chi connectivity index (χ2v) is 19.6. The lowest BCUT2D eigenvalue weighted by Crippen LogP contribution is -2.62. The highest BCUT2D eigenvalue weighted by Gasteiger charge is 2.39. The van der Waals surface area contributed by atoms with E-state index < -0.39 is 44.4 Å². The molecule has 0 unspecified atom stereocenters. The Morgan fingerprint density at radius 1 is 1.07 bits per heavy atom. The van der Waals surface area contributed by atoms with Gasteiger partial charge in [-0.15, -0.1) is 0 Å². The number of hydrogen-bond acceptors (Lipinski definition) is 6. The molecule has 11 nitrogen and oxygen atoms in total. The van der Waals surface area contributed by atoms with Gasteiger partial charge in [0.15, 0.2) is 0 Å². The number of carbonyl (C=O) groups excluding carboxylic acids is 3. The summed E-state index contributed by atoms with van der Waals surface area (Å²) < 4.78 is 7.56. The number of hydrogen-bond donors (Lipinski definition) is 5. The highest BCUT2D eigenvalue weighted by molar-refractivity contribution is 14.1. The molecule has 2 aromatic carbocycles. The largest absolute Gasteiger partial charge is 0.543 e. The van der Waals surface area contributed by atoms with E-state index in [0.29, 0.717) is 31.7 Å². The summed E-state index contributed by atoms with van der Waals surface area (Å²) in [6, 6.07) is 12.6. The first-order valence-electron chi connectivity index (χ1n) is 15.6. The fraction of sp³-hybridized carbons (Fsp3) is 0.515. The van der Waals surface area contributed by atoms with E-state index in [0.717, 1.165) is 14.7 Å². The van der Waals surface area contributed by atoms with Gasteiger partial charge in [0.1, 0.15) is 23.9 Å². The zero-order chi connectivity index (χ0) is 34.2. The molecule has 13 heteroatoms. The Labute approximate surface area is 286 Å². The van der Waals surface area contributed by atoms with Crippen molar-refractivity contribution in [3.8, 4) is 5.75 Å². The molecule has 252 valence electrons. The molecule has 0 saturated carbocycles. The summed E-state index contributed by atoms with van der Waals surface area (Å²) >= 11 is 2.22. The van der Waals surface area contributed by atoms with Crippen molar-refractivity contribution in [1.29, 1.82) is 0 Å². The molecule has 5 N–H and O–H groups in total. The summed E-state index contributed by atoms with van der Waals surface area (Å²) in [5.41, 5.74) is 4.82. The molecule has 1 aliphatic rings. The fourth-order valence-corrected chi connectivity index (χ4v) is 6.46. The van der Waals surface area contributed by atoms with Gasteiger partial charge in [0, 0.05) is 23.1 Å². The summed E-state index contributed by atoms with van der Waals surface area (Å²) in [6.45, 7) is 14.9. The summed E-state index contributed by atoms with van der Waals surface area (Å²) in [5.74, 6) is -0.916. The van der Waals surface area contributed by atoms with Crippen LogP contribution in [0.5, 0.6) is 5.75 Å². The van der Waals surface area contributed by atoms with Crippen molar-refractivity contribution in [2.45, 2.75) is 96.7 Å². The molecular weight excluding hydrogens is 717 g/mol. The van der Waals surface area contributed by atoms with E-state index in [-0.39, 0.29) is 23.3 Å². The van der Waals surface area contributed by atoms with Crippen LogP contribution in [-0.4, -0.2) is 66.9 Å². The standard InChI is InChI=1S/C33H48IN5O6Si/c1-21(2)28(37-32(43)44)30(41)36-27(19-22-11-9-14-25(18-22)45-46(6,7)33(3,4)5)31(42)39-16-10-15-26(38-39)29(40)35-20-23-12-8-13-24(34)17-23/h8-9,11-14,17-18,21,26-28,37-38H,10,15-16,19-20H2,1-7H3,(H,35,40)(H,36,41)(H,43,44)/t26-,27-,28-/m0/s1. The highest BCUT2D eigenvalue weighted by Crippen LogP contribution is 2.37. The summed E-state index contributed by atoms with van der Waals surface area (Å²) in [5, 5.41) is 18.7. The molecular formula is C33H48IN5O6Si. The van der Waals surface area contributed by atoms with Crippen LogP contribution in [0.25, 0.3) is 0 Å². The first-order chi connectivity index (χ1) is 21.5. The third-order valence-electron chi connectivity index (χ3n) is 8.48. The molecule has 3 rings (SSSR count). The van der Waals surface area contributed by atoms with Crippen LogP contribution in [0.1, 0.15) is 58.6 Å². The van der Waals surface area contributed by atoms with E-state index in [1.54, 1.807) is 13.8 Å². The van der Waals surface area contributed by atoms with Gasteiger partial charge < -0.3 is 25.5 Å². The van der Waals surface area contributed by atoms with Gasteiger partial charge in [0.25, 0.3) is 5.91 Å². The lowest BCUT2D eigenvalue weighted by Gasteiger charge is -2.37. The van der Waals surface area contributed by atoms with Gasteiger partial charge in [-0.3, -0.25) is 19.4 Å². The minimum absolute atomic E-state index is 0.0129. The molecule has 3 atom stereocenters. The van der Waals surface area contributed by atoms with Gasteiger partial charge in [-0.25, -0.2) is 10.2 Å². The van der Waals surface area contributed by atoms with Gasteiger partial charge in [-0.1, -0.05) is 58.9 Å². The molecule has 0 aliphatic carbocycles. The van der Waals surface area contributed by atoms with Crippen molar-refractivity contribution in [2.75, 3.05) is 6.54 Å². The van der Waals surface area contributed by atoms with Crippen molar-refractivity contribution < 1.29 is 28.7 Å². The molecule has 1 aliphatic heterocycles. The Morgan fingerprint density at radius 3 is 2.37 bits per heavy atom. The van der Waals surface area contributed by atoms with Crippen LogP contribution >= 0.6 is 22.6 Å². The molecule has 46 heavy (non-hydrogen) atoms. The van der Waals surface area contributed by atoms with Gasteiger partial charge in [-0.05, 0) is 94.9 Å². The minimum Gasteiger partial charge on any atom is -0.543 e. The Morgan fingerprint density at radius 2 is 1.74 bits per heavy atom. The van der Waals surface area contributed by atoms with Crippen LogP contribution in [0.3, 0.4) is 0 Å². The quantitative estimate of drug-likeness (QED) is 0.154. The predicted octanol–water partition coefficient (Wildman–Crippen LogP) is 4.81. The van der Waals surface area contributed by atoms with Crippen LogP contribution in [-0.2, 0) is 27.3 Å². The maximum Gasteiger partial charge on any atom is 0.405 e. The topological polar surface area (TPSA) is 149 Å². The third kappa shape index (κ3) is 10.7. The van der Waals surface area contributed by atoms with E-state index in [1.165, 1.54) is 5.01 Å². The molecule has 0 radical (unpaired) electrons. The molecule has 1 heterocycles. The summed E-state index contributed by atoms with van der Waals surface area (Å²) in [6.07, 6.45) is -0.0575. The number of rotatable bonds is 12. The summed E-state index contributed by atoms with van der Waals surface area (Å²) in [7, 11) is -2.13. The molecule has 1 fully saturated rings. The Bertz CT molecular complexity index is 1400. The first kappa shape index (κ1) is 37.3. The zero-order valence-corrected chi connectivity index (χ0v) is 30.9. The number of nitrogens with one attached hydrogen (secondary N) is 4. The average molecular weight is 766 g/mol. The van der Waals surface area contributed by atoms with Crippen molar-refractivity contribution >= 4 is 54.7 Å². The molecule has 0 aromatic heterocycles. The number of carboxylic acid groups (broad SMARTS) is 1. The third-order valence-corrected chi connectivity index (χ3v) is 13.5. The Hall–Kier alpha value is -3.17. The van der Waals surface area contributed by atoms with Gasteiger partial charge in [0.05, 0.1) is 0 Å². The van der Waals surface area contributed by atoms with E-state index in [9.17, 15) is 24.3 Å². The van der Waals surface area contributed by atoms with E-state index in [4.69, 9.17) is 4.43 Å². The Kier molecular flexibility index (Phi) is 13.0. The predicted molar refractivity (Wildman–Crippen MR) is 189 cm³/mol. The first-order valence-corrected chi connectivity index (χ1v) is 19.6. The van der Waals surface area contributed by atoms with Crippen LogP contribution in [0, 0.1) is 9.49 Å². The second kappa shape index (κ2) is 16.1. The number of benzene rings is 2. The van der Waals surface area contributed by atoms with Crippen molar-refractivity contribution in [1.82, 2.24) is 26.4 Å². The minimum atomic E-state index is -2.13. The van der Waals surface area contributed by atoms with Crippen molar-refractivity contribution in [2.24, 2.45) is 5.92 Å². The molecule has 0 bridgehead atoms. The van der Waals surface area contributed by atoms with Gasteiger partial charge in [-0.2, -0.15) is 0 Å². The Balaban J connectivity index is 1.81. The van der Waals surface area contributed by atoms with Crippen LogP contribution in [0.15, 0.2) is 48.5 Å². The number of hydrazine groups is 1. The monoisotopic (exact) mass is 765 g/mol. The highest BCUT2D eigenvalue weighted by atomic mass is 127. The van der Waals surface area contributed by atoms with E-state index in [1.807, 2.05) is 48.5 Å². The SMILES string of the molecule is CC(C)[C@H](NC(=O)O)C(=O)N[C@@H](Cc1cccc(O[Si](C)(C)C(C)(C)C)c1)C(=O)N1CCC[C@@H](C(=O)NCc2cccc(I)c2)N1. The van der Waals surface area contributed by atoms with Crippen molar-refractivity contribution in [3.63, 3.8) is 0 Å². The van der Waals surface area contributed by atoms with E-state index >= 15 is 0 Å². The normalized spacial score (nSPS) is 16.7. The molecule has 2 aromatic rings. The lowest BCUT2D eigenvalue weighted by molar-refractivity contribution is -0.143. The van der Waals surface area contributed by atoms with Crippen molar-refractivity contribution in [3.05, 3.63) is 63.2 Å². The molecule has 4 amide bonds. The maximum absolute atomic E-state index is 14.0. The maximum atomic E-state index is 14.0. The second-order valence-electron chi connectivity index (χ2n) is 13.6. The van der Waals surface area contributed by atoms with Gasteiger partial charge >= 0.3 is 6.09 Å². The molecule has 0 spiro atoms. The number of carbonyl (C=O) groups is 4. The van der Waals surface area contributed by atoms with Crippen LogP contribution in [0.4, 0.5) is 4.79 Å². The lowest BCUT2D eigenvalue weighted by atomic mass is 10.0. The zero-order valence-electron chi connectivity index (χ0n) is 27.8. The smallest absolute Gasteiger partial charge is 0.405 e. The van der Waals surface area contributed by atoms with E-state index in [2.05, 4.69) is 77.8 Å². The fourth-order valence-electron chi connectivity index (χ4n) is 4.83. The van der Waals surface area contributed by atoms with Crippen LogP contribution < -0.4 is 25.8 Å². The number of amides is 4. The number of nitrogens with zero attached hydrogens (tertiary/aromatic N) is 1. The number of halogens is 1. The van der Waals surface area contributed by atoms with Gasteiger partial charge in [0.2, 0.25) is 20.1 Å².